The molecule has 6 nitrogen and oxygen atoms in total. The standard InChI is InChI=1S/C21H19FN2O4S/c1-21(2)16(12-4-7-14(8-5-12)24-29(3,26)27)11-18(28-21)19-15-9-6-13(22)10-17(15)23-20(19)25/h4-11,24H,1-3H3,(H,23,25)/b19-18+. The minimum absolute atomic E-state index is 0.346. The van der Waals surface area contributed by atoms with E-state index in [1.54, 1.807) is 36.4 Å². The summed E-state index contributed by atoms with van der Waals surface area (Å²) >= 11 is 0. The molecule has 1 amide bonds. The second kappa shape index (κ2) is 6.45. The van der Waals surface area contributed by atoms with Gasteiger partial charge in [-0.3, -0.25) is 9.52 Å². The van der Waals surface area contributed by atoms with Crippen LogP contribution in [0.3, 0.4) is 0 Å². The van der Waals surface area contributed by atoms with E-state index in [2.05, 4.69) is 10.0 Å². The number of carbonyl (C=O) groups is 1. The minimum Gasteiger partial charge on any atom is -0.482 e. The van der Waals surface area contributed by atoms with Gasteiger partial charge in [0.2, 0.25) is 10.0 Å². The molecule has 2 heterocycles. The van der Waals surface area contributed by atoms with Gasteiger partial charge in [0, 0.05) is 16.8 Å². The van der Waals surface area contributed by atoms with Gasteiger partial charge < -0.3 is 10.1 Å². The number of fused-ring (bicyclic) bond motifs is 1. The molecule has 0 fully saturated rings. The van der Waals surface area contributed by atoms with Crippen LogP contribution in [0.15, 0.2) is 54.3 Å². The van der Waals surface area contributed by atoms with Gasteiger partial charge in [-0.05, 0) is 55.8 Å². The number of amides is 1. The molecule has 0 saturated carbocycles. The van der Waals surface area contributed by atoms with Crippen LogP contribution >= 0.6 is 0 Å². The molecule has 2 aromatic rings. The predicted molar refractivity (Wildman–Crippen MR) is 110 cm³/mol. The maximum absolute atomic E-state index is 13.5. The van der Waals surface area contributed by atoms with Crippen LogP contribution in [0.4, 0.5) is 15.8 Å². The highest BCUT2D eigenvalue weighted by atomic mass is 32.2. The van der Waals surface area contributed by atoms with Crippen LogP contribution < -0.4 is 10.0 Å². The Morgan fingerprint density at radius 2 is 1.79 bits per heavy atom. The summed E-state index contributed by atoms with van der Waals surface area (Å²) in [6, 6.07) is 11.0. The molecule has 0 aromatic heterocycles. The van der Waals surface area contributed by atoms with Crippen molar-refractivity contribution in [2.45, 2.75) is 19.4 Å². The van der Waals surface area contributed by atoms with E-state index >= 15 is 0 Å². The Labute approximate surface area is 168 Å². The normalized spacial score (nSPS) is 20.0. The molecule has 0 radical (unpaired) electrons. The first-order valence-corrected chi connectivity index (χ1v) is 10.8. The van der Waals surface area contributed by atoms with E-state index in [0.29, 0.717) is 28.3 Å². The molecule has 2 N–H and O–H groups in total. The average molecular weight is 414 g/mol. The molecule has 2 aromatic carbocycles. The summed E-state index contributed by atoms with van der Waals surface area (Å²) < 4.78 is 44.7. The highest BCUT2D eigenvalue weighted by Crippen LogP contribution is 2.44. The summed E-state index contributed by atoms with van der Waals surface area (Å²) in [4.78, 5) is 12.5. The predicted octanol–water partition coefficient (Wildman–Crippen LogP) is 3.75. The Bertz CT molecular complexity index is 1200. The van der Waals surface area contributed by atoms with Crippen LogP contribution in [0.25, 0.3) is 11.1 Å². The Hall–Kier alpha value is -3.13. The second-order valence-electron chi connectivity index (χ2n) is 7.51. The molecule has 8 heteroatoms. The largest absolute Gasteiger partial charge is 0.482 e. The smallest absolute Gasteiger partial charge is 0.260 e. The first-order chi connectivity index (χ1) is 13.5. The number of rotatable bonds is 3. The molecule has 2 aliphatic rings. The van der Waals surface area contributed by atoms with E-state index in [0.717, 1.165) is 17.4 Å². The highest BCUT2D eigenvalue weighted by Gasteiger charge is 2.38. The van der Waals surface area contributed by atoms with Crippen molar-refractivity contribution in [2.24, 2.45) is 0 Å². The van der Waals surface area contributed by atoms with Gasteiger partial charge in [-0.2, -0.15) is 0 Å². The molecule has 0 bridgehead atoms. The molecular weight excluding hydrogens is 395 g/mol. The van der Waals surface area contributed by atoms with Crippen molar-refractivity contribution >= 4 is 38.5 Å². The lowest BCUT2D eigenvalue weighted by Crippen LogP contribution is -2.21. The third-order valence-corrected chi connectivity index (χ3v) is 5.37. The van der Waals surface area contributed by atoms with E-state index in [4.69, 9.17) is 4.74 Å². The molecule has 0 spiro atoms. The lowest BCUT2D eigenvalue weighted by atomic mass is 9.92. The summed E-state index contributed by atoms with van der Waals surface area (Å²) in [6.45, 7) is 3.76. The van der Waals surface area contributed by atoms with Crippen LogP contribution in [0.5, 0.6) is 0 Å². The molecule has 4 rings (SSSR count). The lowest BCUT2D eigenvalue weighted by Gasteiger charge is -2.23. The maximum Gasteiger partial charge on any atom is 0.260 e. The number of ether oxygens (including phenoxy) is 1. The van der Waals surface area contributed by atoms with Crippen LogP contribution in [0.1, 0.15) is 25.0 Å². The van der Waals surface area contributed by atoms with Gasteiger partial charge in [-0.15, -0.1) is 0 Å². The zero-order valence-corrected chi connectivity index (χ0v) is 16.9. The lowest BCUT2D eigenvalue weighted by molar-refractivity contribution is -0.111. The SMILES string of the molecule is CC1(C)O/C(=C2/C(=O)Nc3cc(F)ccc32)C=C1c1ccc(NS(C)(=O)=O)cc1. The van der Waals surface area contributed by atoms with Crippen LogP contribution in [0.2, 0.25) is 0 Å². The summed E-state index contributed by atoms with van der Waals surface area (Å²) in [5, 5.41) is 2.67. The molecular formula is C21H19FN2O4S. The van der Waals surface area contributed by atoms with Crippen molar-refractivity contribution in [3.05, 3.63) is 71.2 Å². The van der Waals surface area contributed by atoms with Crippen LogP contribution in [0, 0.1) is 5.82 Å². The third-order valence-electron chi connectivity index (χ3n) is 4.76. The van der Waals surface area contributed by atoms with Gasteiger partial charge in [0.05, 0.1) is 17.5 Å². The van der Waals surface area contributed by atoms with Gasteiger partial charge >= 0.3 is 0 Å². The minimum atomic E-state index is -3.36. The van der Waals surface area contributed by atoms with Gasteiger partial charge in [-0.25, -0.2) is 12.8 Å². The first-order valence-electron chi connectivity index (χ1n) is 8.88. The molecule has 29 heavy (non-hydrogen) atoms. The van der Waals surface area contributed by atoms with Gasteiger partial charge in [-0.1, -0.05) is 12.1 Å². The fourth-order valence-electron chi connectivity index (χ4n) is 3.54. The fraction of sp³-hybridized carbons (Fsp3) is 0.190. The van der Waals surface area contributed by atoms with E-state index in [9.17, 15) is 17.6 Å². The quantitative estimate of drug-likeness (QED) is 0.749. The number of hydrogen-bond acceptors (Lipinski definition) is 4. The molecule has 0 atom stereocenters. The summed E-state index contributed by atoms with van der Waals surface area (Å²) in [7, 11) is -3.36. The van der Waals surface area contributed by atoms with Gasteiger partial charge in [0.15, 0.2) is 0 Å². The van der Waals surface area contributed by atoms with Crippen molar-refractivity contribution in [3.63, 3.8) is 0 Å². The zero-order valence-electron chi connectivity index (χ0n) is 16.0. The molecule has 2 aliphatic heterocycles. The number of benzene rings is 2. The number of carbonyl (C=O) groups excluding carboxylic acids is 1. The van der Waals surface area contributed by atoms with Crippen molar-refractivity contribution < 1.29 is 22.3 Å². The Morgan fingerprint density at radius 1 is 1.10 bits per heavy atom. The topological polar surface area (TPSA) is 84.5 Å². The third kappa shape index (κ3) is 3.63. The molecule has 0 saturated heterocycles. The van der Waals surface area contributed by atoms with Crippen molar-refractivity contribution in [1.82, 2.24) is 0 Å². The van der Waals surface area contributed by atoms with Crippen molar-refractivity contribution in [2.75, 3.05) is 16.3 Å². The molecule has 150 valence electrons. The number of anilines is 2. The van der Waals surface area contributed by atoms with Crippen LogP contribution in [-0.4, -0.2) is 26.2 Å². The number of nitrogens with one attached hydrogen (secondary N) is 2. The van der Waals surface area contributed by atoms with E-state index in [1.807, 2.05) is 13.8 Å². The van der Waals surface area contributed by atoms with Gasteiger partial charge in [0.25, 0.3) is 5.91 Å². The molecule has 0 aliphatic carbocycles. The van der Waals surface area contributed by atoms with E-state index in [-0.39, 0.29) is 5.91 Å². The van der Waals surface area contributed by atoms with Crippen molar-refractivity contribution in [1.29, 1.82) is 0 Å². The van der Waals surface area contributed by atoms with Crippen LogP contribution in [-0.2, 0) is 19.6 Å². The van der Waals surface area contributed by atoms with Crippen molar-refractivity contribution in [3.8, 4) is 0 Å². The fourth-order valence-corrected chi connectivity index (χ4v) is 4.10. The maximum atomic E-state index is 13.5. The van der Waals surface area contributed by atoms with E-state index < -0.39 is 21.4 Å². The number of hydrogen-bond donors (Lipinski definition) is 2. The number of halogens is 1. The summed E-state index contributed by atoms with van der Waals surface area (Å²) in [6.07, 6.45) is 2.89. The highest BCUT2D eigenvalue weighted by molar-refractivity contribution is 7.92. The second-order valence-corrected chi connectivity index (χ2v) is 9.25. The zero-order chi connectivity index (χ0) is 21.0. The first kappa shape index (κ1) is 19.2. The molecule has 0 unspecified atom stereocenters. The van der Waals surface area contributed by atoms with Gasteiger partial charge in [0.1, 0.15) is 17.2 Å². The summed E-state index contributed by atoms with van der Waals surface area (Å²) in [5.74, 6) is -0.366. The Balaban J connectivity index is 1.75. The Kier molecular flexibility index (Phi) is 4.27. The average Bonchev–Trinajstić information content (AvgIpc) is 3.08. The Morgan fingerprint density at radius 3 is 2.45 bits per heavy atom. The monoisotopic (exact) mass is 414 g/mol. The number of sulfonamides is 1. The van der Waals surface area contributed by atoms with E-state index in [1.165, 1.54) is 12.1 Å². The number of allylic oxidation sites excluding steroid dienone is 1. The summed E-state index contributed by atoms with van der Waals surface area (Å²) in [5.41, 5.74) is 2.79.